The van der Waals surface area contributed by atoms with Gasteiger partial charge in [0.1, 0.15) is 5.69 Å². The number of benzene rings is 1. The van der Waals surface area contributed by atoms with Crippen LogP contribution in [0.3, 0.4) is 0 Å². The number of carbonyl (C=O) groups is 2. The van der Waals surface area contributed by atoms with E-state index in [9.17, 15) is 9.59 Å². The molecular weight excluding hydrogens is 392 g/mol. The second-order valence-corrected chi connectivity index (χ2v) is 7.81. The number of nitrogens with two attached hydrogens (primary N) is 1. The lowest BCUT2D eigenvalue weighted by Gasteiger charge is -2.31. The van der Waals surface area contributed by atoms with E-state index in [4.69, 9.17) is 10.8 Å². The second-order valence-electron chi connectivity index (χ2n) is 7.81. The van der Waals surface area contributed by atoms with Gasteiger partial charge in [0.2, 0.25) is 5.91 Å². The van der Waals surface area contributed by atoms with Gasteiger partial charge in [0.15, 0.2) is 0 Å². The van der Waals surface area contributed by atoms with Gasteiger partial charge in [0.05, 0.1) is 18.7 Å². The number of rotatable bonds is 7. The van der Waals surface area contributed by atoms with E-state index in [1.807, 2.05) is 47.4 Å². The molecule has 1 aliphatic heterocycles. The molecule has 2 amide bonds. The van der Waals surface area contributed by atoms with E-state index in [0.29, 0.717) is 17.8 Å². The maximum Gasteiger partial charge on any atom is 0.255 e. The maximum absolute atomic E-state index is 13.2. The van der Waals surface area contributed by atoms with E-state index in [0.717, 1.165) is 37.1 Å². The first-order valence-electron chi connectivity index (χ1n) is 10.4. The predicted octanol–water partition coefficient (Wildman–Crippen LogP) is 1.67. The smallest absolute Gasteiger partial charge is 0.255 e. The molecule has 8 nitrogen and oxygen atoms in total. The van der Waals surface area contributed by atoms with Crippen molar-refractivity contribution in [2.75, 3.05) is 19.6 Å². The number of likely N-dealkylation sites (tertiary alicyclic amines) is 1. The quantitative estimate of drug-likeness (QED) is 0.607. The Labute approximate surface area is 181 Å². The summed E-state index contributed by atoms with van der Waals surface area (Å²) in [6.07, 6.45) is 6.77. The average Bonchev–Trinajstić information content (AvgIpc) is 3.20. The molecule has 0 atom stereocenters. The molecule has 31 heavy (non-hydrogen) atoms. The van der Waals surface area contributed by atoms with E-state index in [-0.39, 0.29) is 24.4 Å². The van der Waals surface area contributed by atoms with Crippen LogP contribution in [-0.4, -0.2) is 57.2 Å². The van der Waals surface area contributed by atoms with Gasteiger partial charge < -0.3 is 11.1 Å². The van der Waals surface area contributed by atoms with Crippen LogP contribution < -0.4 is 11.1 Å². The fourth-order valence-electron chi connectivity index (χ4n) is 3.87. The minimum absolute atomic E-state index is 0.0517. The van der Waals surface area contributed by atoms with Gasteiger partial charge in [-0.1, -0.05) is 30.3 Å². The van der Waals surface area contributed by atoms with Crippen LogP contribution in [0.15, 0.2) is 61.1 Å². The Morgan fingerprint density at radius 2 is 1.87 bits per heavy atom. The molecule has 3 heterocycles. The van der Waals surface area contributed by atoms with Gasteiger partial charge in [-0.3, -0.25) is 24.2 Å². The normalized spacial score (nSPS) is 15.0. The number of primary amides is 1. The molecule has 0 saturated carbocycles. The van der Waals surface area contributed by atoms with E-state index in [2.05, 4.69) is 10.3 Å². The van der Waals surface area contributed by atoms with Crippen LogP contribution in [0.4, 0.5) is 0 Å². The lowest BCUT2D eigenvalue weighted by Crippen LogP contribution is -2.46. The van der Waals surface area contributed by atoms with Crippen LogP contribution >= 0.6 is 0 Å². The minimum Gasteiger partial charge on any atom is -0.369 e. The third-order valence-corrected chi connectivity index (χ3v) is 5.43. The average molecular weight is 419 g/mol. The molecule has 1 aliphatic rings. The topological polar surface area (TPSA) is 106 Å². The number of hydrogen-bond acceptors (Lipinski definition) is 5. The summed E-state index contributed by atoms with van der Waals surface area (Å²) < 4.78 is 1.79. The molecular formula is C23H26N6O2. The van der Waals surface area contributed by atoms with Crippen LogP contribution in [0.1, 0.15) is 28.8 Å². The largest absolute Gasteiger partial charge is 0.369 e. The fourth-order valence-corrected chi connectivity index (χ4v) is 3.87. The summed E-state index contributed by atoms with van der Waals surface area (Å²) in [7, 11) is 0. The fraction of sp³-hybridized carbons (Fsp3) is 0.304. The Bertz CT molecular complexity index is 1030. The first-order valence-corrected chi connectivity index (χ1v) is 10.4. The summed E-state index contributed by atoms with van der Waals surface area (Å²) in [6.45, 7) is 2.30. The van der Waals surface area contributed by atoms with E-state index < -0.39 is 0 Å². The van der Waals surface area contributed by atoms with E-state index in [1.165, 1.54) is 0 Å². The molecule has 0 bridgehead atoms. The number of amides is 2. The molecule has 160 valence electrons. The lowest BCUT2D eigenvalue weighted by molar-refractivity contribution is -0.119. The summed E-state index contributed by atoms with van der Waals surface area (Å²) >= 11 is 0. The standard InChI is InChI=1S/C23H26N6O2/c24-21(30)16-28-11-8-19(9-12-28)26-23(31)20-15-29(14-17-5-2-1-3-6-17)27-22(20)18-7-4-10-25-13-18/h1-7,10,13,15,19H,8-9,11-12,14,16H2,(H2,24,30)(H,26,31). The zero-order valence-corrected chi connectivity index (χ0v) is 17.3. The van der Waals surface area contributed by atoms with Crippen molar-refractivity contribution in [1.82, 2.24) is 25.0 Å². The molecule has 1 fully saturated rings. The number of hydrogen-bond donors (Lipinski definition) is 2. The Hall–Kier alpha value is -3.52. The van der Waals surface area contributed by atoms with Crippen LogP contribution in [0.5, 0.6) is 0 Å². The molecule has 0 aliphatic carbocycles. The van der Waals surface area contributed by atoms with Crippen molar-refractivity contribution < 1.29 is 9.59 Å². The summed E-state index contributed by atoms with van der Waals surface area (Å²) in [6, 6.07) is 13.8. The molecule has 1 aromatic carbocycles. The van der Waals surface area contributed by atoms with Crippen LogP contribution in [-0.2, 0) is 11.3 Å². The van der Waals surface area contributed by atoms with Gasteiger partial charge in [-0.25, -0.2) is 0 Å². The van der Waals surface area contributed by atoms with Crippen molar-refractivity contribution in [3.63, 3.8) is 0 Å². The monoisotopic (exact) mass is 418 g/mol. The SMILES string of the molecule is NC(=O)CN1CCC(NC(=O)c2cn(Cc3ccccc3)nc2-c2cccnc2)CC1. The number of pyridine rings is 1. The highest BCUT2D eigenvalue weighted by Gasteiger charge is 2.24. The van der Waals surface area contributed by atoms with E-state index in [1.54, 1.807) is 23.3 Å². The van der Waals surface area contributed by atoms with Gasteiger partial charge in [-0.2, -0.15) is 5.10 Å². The molecule has 8 heteroatoms. The van der Waals surface area contributed by atoms with Gasteiger partial charge in [-0.05, 0) is 30.5 Å². The second kappa shape index (κ2) is 9.53. The molecule has 3 N–H and O–H groups in total. The molecule has 0 spiro atoms. The Kier molecular flexibility index (Phi) is 6.37. The summed E-state index contributed by atoms with van der Waals surface area (Å²) in [5.41, 5.74) is 8.34. The van der Waals surface area contributed by atoms with Crippen LogP contribution in [0.25, 0.3) is 11.3 Å². The van der Waals surface area contributed by atoms with Crippen LogP contribution in [0.2, 0.25) is 0 Å². The molecule has 4 rings (SSSR count). The van der Waals surface area contributed by atoms with Gasteiger partial charge in [0.25, 0.3) is 5.91 Å². The zero-order valence-electron chi connectivity index (χ0n) is 17.3. The van der Waals surface area contributed by atoms with Crippen LogP contribution in [0, 0.1) is 0 Å². The Balaban J connectivity index is 1.51. The highest BCUT2D eigenvalue weighted by molar-refractivity contribution is 5.99. The minimum atomic E-state index is -0.325. The number of piperidine rings is 1. The molecule has 2 aromatic heterocycles. The van der Waals surface area contributed by atoms with Gasteiger partial charge >= 0.3 is 0 Å². The predicted molar refractivity (Wildman–Crippen MR) is 117 cm³/mol. The molecule has 0 unspecified atom stereocenters. The van der Waals surface area contributed by atoms with Crippen molar-refractivity contribution in [3.05, 3.63) is 72.2 Å². The number of nitrogens with one attached hydrogen (secondary N) is 1. The molecule has 0 radical (unpaired) electrons. The first-order chi connectivity index (χ1) is 15.1. The molecule has 1 saturated heterocycles. The number of nitrogens with zero attached hydrogens (tertiary/aromatic N) is 4. The van der Waals surface area contributed by atoms with Crippen molar-refractivity contribution in [1.29, 1.82) is 0 Å². The first kappa shape index (κ1) is 20.7. The highest BCUT2D eigenvalue weighted by atomic mass is 16.2. The number of carbonyl (C=O) groups excluding carboxylic acids is 2. The third kappa shape index (κ3) is 5.35. The van der Waals surface area contributed by atoms with Crippen molar-refractivity contribution >= 4 is 11.8 Å². The molecule has 3 aromatic rings. The highest BCUT2D eigenvalue weighted by Crippen LogP contribution is 2.22. The van der Waals surface area contributed by atoms with Gasteiger partial charge in [0, 0.05) is 43.3 Å². The summed E-state index contributed by atoms with van der Waals surface area (Å²) in [5.74, 6) is -0.471. The zero-order chi connectivity index (χ0) is 21.6. The summed E-state index contributed by atoms with van der Waals surface area (Å²) in [5, 5.41) is 7.83. The van der Waals surface area contributed by atoms with Crippen molar-refractivity contribution in [2.24, 2.45) is 5.73 Å². The van der Waals surface area contributed by atoms with Gasteiger partial charge in [-0.15, -0.1) is 0 Å². The van der Waals surface area contributed by atoms with Crippen molar-refractivity contribution in [3.8, 4) is 11.3 Å². The summed E-state index contributed by atoms with van der Waals surface area (Å²) in [4.78, 5) is 30.5. The third-order valence-electron chi connectivity index (χ3n) is 5.43. The lowest BCUT2D eigenvalue weighted by atomic mass is 10.0. The Morgan fingerprint density at radius 3 is 2.55 bits per heavy atom. The van der Waals surface area contributed by atoms with Crippen molar-refractivity contribution in [2.45, 2.75) is 25.4 Å². The van der Waals surface area contributed by atoms with E-state index >= 15 is 0 Å². The maximum atomic E-state index is 13.2. The number of aromatic nitrogens is 3. The Morgan fingerprint density at radius 1 is 1.10 bits per heavy atom.